The molecule has 0 saturated carbocycles. The molecule has 0 bridgehead atoms. The lowest BCUT2D eigenvalue weighted by molar-refractivity contribution is 0.0942. The fourth-order valence-electron chi connectivity index (χ4n) is 2.18. The second-order valence-corrected chi connectivity index (χ2v) is 4.83. The molecule has 0 N–H and O–H groups in total. The van der Waals surface area contributed by atoms with Crippen molar-refractivity contribution in [1.82, 2.24) is 4.98 Å². The Hall–Kier alpha value is -2.95. The topological polar surface area (TPSA) is 65.5 Å². The summed E-state index contributed by atoms with van der Waals surface area (Å²) in [6.07, 6.45) is 1.20. The van der Waals surface area contributed by atoms with Crippen LogP contribution in [0.1, 0.15) is 26.5 Å². The molecule has 1 aliphatic rings. The van der Waals surface area contributed by atoms with E-state index in [9.17, 15) is 9.59 Å². The zero-order valence-electron chi connectivity index (χ0n) is 12.1. The van der Waals surface area contributed by atoms with Crippen LogP contribution < -0.4 is 9.47 Å². The van der Waals surface area contributed by atoms with Crippen molar-refractivity contribution in [2.45, 2.75) is 6.92 Å². The number of carbonyl (C=O) groups is 2. The number of Topliss-reactive ketones (excluding diaryl/α,β-unsaturated/α-hetero) is 1. The number of hydrogen-bond donors (Lipinski definition) is 0. The summed E-state index contributed by atoms with van der Waals surface area (Å²) in [5.41, 5.74) is 1.10. The van der Waals surface area contributed by atoms with Gasteiger partial charge in [-0.3, -0.25) is 9.59 Å². The Labute approximate surface area is 127 Å². The number of methoxy groups -OCH3 is 1. The number of fused-ring (bicyclic) bond motifs is 1. The van der Waals surface area contributed by atoms with E-state index in [2.05, 4.69) is 4.98 Å². The van der Waals surface area contributed by atoms with Crippen molar-refractivity contribution in [1.29, 1.82) is 0 Å². The molecule has 1 aromatic heterocycles. The summed E-state index contributed by atoms with van der Waals surface area (Å²) in [6, 6.07) is 10.1. The molecule has 0 aliphatic heterocycles. The predicted molar refractivity (Wildman–Crippen MR) is 79.3 cm³/mol. The predicted octanol–water partition coefficient (Wildman–Crippen LogP) is 2.74. The van der Waals surface area contributed by atoms with E-state index in [1.165, 1.54) is 13.2 Å². The van der Waals surface area contributed by atoms with Gasteiger partial charge in [-0.2, -0.15) is 0 Å². The van der Waals surface area contributed by atoms with Crippen LogP contribution >= 0.6 is 0 Å². The minimum absolute atomic E-state index is 0.0381. The maximum absolute atomic E-state index is 12.4. The SMILES string of the molecule is COc1cccc(OC2=CC(=O)c3ccc(C)nc3C2=O)c1. The third-order valence-electron chi connectivity index (χ3n) is 3.27. The van der Waals surface area contributed by atoms with Crippen molar-refractivity contribution in [2.75, 3.05) is 7.11 Å². The lowest BCUT2D eigenvalue weighted by Gasteiger charge is -2.15. The Balaban J connectivity index is 1.95. The van der Waals surface area contributed by atoms with Gasteiger partial charge in [0.05, 0.1) is 12.7 Å². The Morgan fingerprint density at radius 2 is 1.82 bits per heavy atom. The number of rotatable bonds is 3. The highest BCUT2D eigenvalue weighted by Crippen LogP contribution is 2.25. The fourth-order valence-corrected chi connectivity index (χ4v) is 2.18. The molecule has 0 unspecified atom stereocenters. The van der Waals surface area contributed by atoms with Crippen LogP contribution in [0.3, 0.4) is 0 Å². The van der Waals surface area contributed by atoms with E-state index in [0.717, 1.165) is 0 Å². The van der Waals surface area contributed by atoms with Crippen molar-refractivity contribution in [3.05, 3.63) is 65.2 Å². The van der Waals surface area contributed by atoms with E-state index in [1.807, 2.05) is 0 Å². The van der Waals surface area contributed by atoms with E-state index in [1.54, 1.807) is 43.3 Å². The quantitative estimate of drug-likeness (QED) is 0.871. The summed E-state index contributed by atoms with van der Waals surface area (Å²) in [7, 11) is 1.54. The van der Waals surface area contributed by atoms with Gasteiger partial charge in [0.25, 0.3) is 0 Å². The Bertz CT molecular complexity index is 808. The molecule has 0 radical (unpaired) electrons. The summed E-state index contributed by atoms with van der Waals surface area (Å²) < 4.78 is 10.6. The first-order valence-electron chi connectivity index (χ1n) is 6.69. The number of hydrogen-bond acceptors (Lipinski definition) is 5. The van der Waals surface area contributed by atoms with Crippen molar-refractivity contribution >= 4 is 11.6 Å². The summed E-state index contributed by atoms with van der Waals surface area (Å²) in [5, 5.41) is 0. The monoisotopic (exact) mass is 295 g/mol. The van der Waals surface area contributed by atoms with Gasteiger partial charge in [0, 0.05) is 17.8 Å². The highest BCUT2D eigenvalue weighted by atomic mass is 16.5. The van der Waals surface area contributed by atoms with Gasteiger partial charge in [-0.1, -0.05) is 6.07 Å². The second kappa shape index (κ2) is 5.44. The zero-order valence-corrected chi connectivity index (χ0v) is 12.1. The molecule has 1 aromatic carbocycles. The number of aromatic nitrogens is 1. The number of nitrogens with zero attached hydrogens (tertiary/aromatic N) is 1. The summed E-state index contributed by atoms with van der Waals surface area (Å²) in [6.45, 7) is 1.76. The smallest absolute Gasteiger partial charge is 0.247 e. The molecular weight excluding hydrogens is 282 g/mol. The summed E-state index contributed by atoms with van der Waals surface area (Å²) in [5.74, 6) is 0.287. The first kappa shape index (κ1) is 14.0. The van der Waals surface area contributed by atoms with Crippen LogP contribution in [0.4, 0.5) is 0 Å². The molecule has 0 saturated heterocycles. The molecule has 110 valence electrons. The first-order chi connectivity index (χ1) is 10.6. The molecular formula is C17H13NO4. The van der Waals surface area contributed by atoms with Gasteiger partial charge >= 0.3 is 0 Å². The van der Waals surface area contributed by atoms with E-state index in [-0.39, 0.29) is 17.2 Å². The molecule has 22 heavy (non-hydrogen) atoms. The Morgan fingerprint density at radius 3 is 2.59 bits per heavy atom. The highest BCUT2D eigenvalue weighted by Gasteiger charge is 2.28. The Morgan fingerprint density at radius 1 is 1.05 bits per heavy atom. The van der Waals surface area contributed by atoms with Crippen LogP contribution in [0.5, 0.6) is 11.5 Å². The maximum atomic E-state index is 12.4. The average Bonchev–Trinajstić information content (AvgIpc) is 2.52. The first-order valence-corrected chi connectivity index (χ1v) is 6.69. The molecule has 0 fully saturated rings. The van der Waals surface area contributed by atoms with Gasteiger partial charge < -0.3 is 9.47 Å². The van der Waals surface area contributed by atoms with Crippen LogP contribution in [0.15, 0.2) is 48.2 Å². The molecule has 5 nitrogen and oxygen atoms in total. The van der Waals surface area contributed by atoms with Gasteiger partial charge in [0.15, 0.2) is 11.5 Å². The van der Waals surface area contributed by atoms with E-state index in [4.69, 9.17) is 9.47 Å². The number of ether oxygens (including phenoxy) is 2. The molecule has 1 aliphatic carbocycles. The van der Waals surface area contributed by atoms with Gasteiger partial charge in [-0.05, 0) is 31.2 Å². The zero-order chi connectivity index (χ0) is 15.7. The van der Waals surface area contributed by atoms with Crippen molar-refractivity contribution in [2.24, 2.45) is 0 Å². The molecule has 0 spiro atoms. The Kier molecular flexibility index (Phi) is 3.47. The minimum atomic E-state index is -0.402. The summed E-state index contributed by atoms with van der Waals surface area (Å²) in [4.78, 5) is 28.7. The third-order valence-corrected chi connectivity index (χ3v) is 3.27. The van der Waals surface area contributed by atoms with Crippen LogP contribution in [-0.2, 0) is 0 Å². The molecule has 0 amide bonds. The highest BCUT2D eigenvalue weighted by molar-refractivity contribution is 6.22. The lowest BCUT2D eigenvalue weighted by Crippen LogP contribution is -2.22. The van der Waals surface area contributed by atoms with Crippen molar-refractivity contribution < 1.29 is 19.1 Å². The van der Waals surface area contributed by atoms with Gasteiger partial charge in [0.2, 0.25) is 5.78 Å². The van der Waals surface area contributed by atoms with E-state index in [0.29, 0.717) is 22.8 Å². The van der Waals surface area contributed by atoms with Crippen LogP contribution in [0.25, 0.3) is 0 Å². The van der Waals surface area contributed by atoms with E-state index >= 15 is 0 Å². The lowest BCUT2D eigenvalue weighted by atomic mass is 9.98. The molecule has 1 heterocycles. The second-order valence-electron chi connectivity index (χ2n) is 4.83. The van der Waals surface area contributed by atoms with Crippen LogP contribution in [0, 0.1) is 6.92 Å². The number of benzene rings is 1. The number of ketones is 2. The van der Waals surface area contributed by atoms with Crippen LogP contribution in [-0.4, -0.2) is 23.7 Å². The molecule has 0 atom stereocenters. The molecule has 5 heteroatoms. The molecule has 3 rings (SSSR count). The number of allylic oxidation sites excluding steroid dienone is 2. The molecule has 2 aromatic rings. The largest absolute Gasteiger partial charge is 0.497 e. The average molecular weight is 295 g/mol. The third kappa shape index (κ3) is 2.48. The fraction of sp³-hybridized carbons (Fsp3) is 0.118. The number of pyridine rings is 1. The van der Waals surface area contributed by atoms with Crippen molar-refractivity contribution in [3.63, 3.8) is 0 Å². The summed E-state index contributed by atoms with van der Waals surface area (Å²) >= 11 is 0. The van der Waals surface area contributed by atoms with Crippen molar-refractivity contribution in [3.8, 4) is 11.5 Å². The maximum Gasteiger partial charge on any atom is 0.247 e. The normalized spacial score (nSPS) is 13.5. The van der Waals surface area contributed by atoms with Gasteiger partial charge in [0.1, 0.15) is 17.2 Å². The number of carbonyl (C=O) groups excluding carboxylic acids is 2. The van der Waals surface area contributed by atoms with Crippen LogP contribution in [0.2, 0.25) is 0 Å². The van der Waals surface area contributed by atoms with E-state index < -0.39 is 5.78 Å². The van der Waals surface area contributed by atoms with Gasteiger partial charge in [-0.25, -0.2) is 4.98 Å². The minimum Gasteiger partial charge on any atom is -0.497 e. The number of aryl methyl sites for hydroxylation is 1. The van der Waals surface area contributed by atoms with Gasteiger partial charge in [-0.15, -0.1) is 0 Å². The standard InChI is InChI=1S/C17H13NO4/c1-10-6-7-13-14(19)9-15(17(20)16(13)18-10)22-12-5-3-4-11(8-12)21-2/h3-9H,1-2H3.